The molecule has 0 bridgehead atoms. The zero-order valence-electron chi connectivity index (χ0n) is 8.15. The van der Waals surface area contributed by atoms with Crippen molar-refractivity contribution in [3.8, 4) is 0 Å². The van der Waals surface area contributed by atoms with Crippen LogP contribution in [0, 0.1) is 0 Å². The van der Waals surface area contributed by atoms with E-state index < -0.39 is 12.7 Å². The molecule has 80 valence electrons. The molecule has 0 spiro atoms. The molecule has 0 rings (SSSR count). The number of halogens is 3. The van der Waals surface area contributed by atoms with Gasteiger partial charge in [0.25, 0.3) is 0 Å². The van der Waals surface area contributed by atoms with Gasteiger partial charge in [0, 0.05) is 0 Å². The quantitative estimate of drug-likeness (QED) is 0.555. The standard InChI is InChI=1S/C9H13F3N2/c1-4-7(2)5-8(13-3)14-6-9(10,11)12/h4-5,14H,3,6H2,1-2H3/b7-4-,8-5+. The van der Waals surface area contributed by atoms with Gasteiger partial charge in [-0.2, -0.15) is 13.2 Å². The highest BCUT2D eigenvalue weighted by molar-refractivity contribution is 5.31. The Morgan fingerprint density at radius 2 is 2.07 bits per heavy atom. The Hall–Kier alpha value is -1.26. The Balaban J connectivity index is 4.31. The normalized spacial score (nSPS) is 14.1. The Morgan fingerprint density at radius 3 is 2.43 bits per heavy atom. The summed E-state index contributed by atoms with van der Waals surface area (Å²) in [4.78, 5) is 3.44. The van der Waals surface area contributed by atoms with Crippen LogP contribution >= 0.6 is 0 Å². The van der Waals surface area contributed by atoms with E-state index in [4.69, 9.17) is 0 Å². The number of rotatable bonds is 4. The van der Waals surface area contributed by atoms with Crippen LogP contribution < -0.4 is 5.32 Å². The molecule has 0 aliphatic carbocycles. The first-order valence-electron chi connectivity index (χ1n) is 4.01. The van der Waals surface area contributed by atoms with Gasteiger partial charge in [0.2, 0.25) is 0 Å². The van der Waals surface area contributed by atoms with E-state index in [1.54, 1.807) is 19.9 Å². The summed E-state index contributed by atoms with van der Waals surface area (Å²) in [6.45, 7) is 5.62. The lowest BCUT2D eigenvalue weighted by molar-refractivity contribution is -0.123. The molecule has 0 atom stereocenters. The summed E-state index contributed by atoms with van der Waals surface area (Å²) in [5.74, 6) is 0.123. The minimum absolute atomic E-state index is 0.123. The molecule has 0 aromatic rings. The van der Waals surface area contributed by atoms with E-state index in [2.05, 4.69) is 17.0 Å². The summed E-state index contributed by atoms with van der Waals surface area (Å²) in [6.07, 6.45) is -0.979. The second-order valence-corrected chi connectivity index (χ2v) is 2.69. The summed E-state index contributed by atoms with van der Waals surface area (Å²) in [6, 6.07) is 0. The van der Waals surface area contributed by atoms with Crippen molar-refractivity contribution < 1.29 is 13.2 Å². The van der Waals surface area contributed by atoms with Gasteiger partial charge in [-0.05, 0) is 26.6 Å². The molecule has 0 aromatic heterocycles. The molecule has 14 heavy (non-hydrogen) atoms. The van der Waals surface area contributed by atoms with E-state index in [-0.39, 0.29) is 5.82 Å². The Bertz CT molecular complexity index is 251. The lowest BCUT2D eigenvalue weighted by Crippen LogP contribution is -2.27. The Kier molecular flexibility index (Phi) is 4.97. The van der Waals surface area contributed by atoms with E-state index in [1.165, 1.54) is 6.08 Å². The average molecular weight is 206 g/mol. The number of hydrogen-bond acceptors (Lipinski definition) is 2. The maximum absolute atomic E-state index is 11.8. The minimum Gasteiger partial charge on any atom is -0.361 e. The minimum atomic E-state index is -4.24. The van der Waals surface area contributed by atoms with Gasteiger partial charge in [0.1, 0.15) is 12.4 Å². The van der Waals surface area contributed by atoms with Crippen LogP contribution in [0.4, 0.5) is 13.2 Å². The molecule has 0 aromatic carbocycles. The molecule has 0 radical (unpaired) electrons. The maximum Gasteiger partial charge on any atom is 0.405 e. The van der Waals surface area contributed by atoms with Crippen LogP contribution in [0.2, 0.25) is 0 Å². The van der Waals surface area contributed by atoms with Crippen LogP contribution in [0.5, 0.6) is 0 Å². The third kappa shape index (κ3) is 6.28. The number of hydrogen-bond donors (Lipinski definition) is 1. The molecule has 0 fully saturated rings. The van der Waals surface area contributed by atoms with Crippen LogP contribution in [0.1, 0.15) is 13.8 Å². The van der Waals surface area contributed by atoms with Crippen molar-refractivity contribution in [2.75, 3.05) is 6.54 Å². The SMILES string of the molecule is C=N/C(=C\C(C)=C/C)NCC(F)(F)F. The zero-order chi connectivity index (χ0) is 11.2. The highest BCUT2D eigenvalue weighted by atomic mass is 19.4. The van der Waals surface area contributed by atoms with Crippen molar-refractivity contribution in [1.29, 1.82) is 0 Å². The Labute approximate surface area is 81.2 Å². The fourth-order valence-electron chi connectivity index (χ4n) is 0.642. The van der Waals surface area contributed by atoms with Crippen LogP contribution in [0.25, 0.3) is 0 Å². The molecule has 0 saturated heterocycles. The first-order chi connectivity index (χ1) is 6.39. The van der Waals surface area contributed by atoms with Crippen LogP contribution in [-0.4, -0.2) is 19.4 Å². The summed E-state index contributed by atoms with van der Waals surface area (Å²) < 4.78 is 35.4. The van der Waals surface area contributed by atoms with Gasteiger partial charge in [0.15, 0.2) is 0 Å². The van der Waals surface area contributed by atoms with Gasteiger partial charge in [-0.1, -0.05) is 11.6 Å². The topological polar surface area (TPSA) is 24.4 Å². The second-order valence-electron chi connectivity index (χ2n) is 2.69. The van der Waals surface area contributed by atoms with Crippen LogP contribution in [0.15, 0.2) is 28.5 Å². The third-order valence-electron chi connectivity index (χ3n) is 1.46. The lowest BCUT2D eigenvalue weighted by atomic mass is 10.3. The molecule has 1 N–H and O–H groups in total. The average Bonchev–Trinajstić information content (AvgIpc) is 2.10. The van der Waals surface area contributed by atoms with E-state index in [0.29, 0.717) is 0 Å². The van der Waals surface area contributed by atoms with Crippen molar-refractivity contribution >= 4 is 6.72 Å². The zero-order valence-corrected chi connectivity index (χ0v) is 8.15. The molecule has 0 aliphatic heterocycles. The number of alkyl halides is 3. The van der Waals surface area contributed by atoms with Gasteiger partial charge in [-0.15, -0.1) is 0 Å². The van der Waals surface area contributed by atoms with Crippen molar-refractivity contribution in [3.05, 3.63) is 23.5 Å². The molecule has 0 saturated carbocycles. The van der Waals surface area contributed by atoms with Gasteiger partial charge in [0.05, 0.1) is 0 Å². The highest BCUT2D eigenvalue weighted by Crippen LogP contribution is 2.13. The molecule has 0 unspecified atom stereocenters. The first-order valence-corrected chi connectivity index (χ1v) is 4.01. The number of nitrogens with one attached hydrogen (secondary N) is 1. The predicted molar refractivity (Wildman–Crippen MR) is 51.1 cm³/mol. The van der Waals surface area contributed by atoms with Crippen molar-refractivity contribution in [1.82, 2.24) is 5.32 Å². The first kappa shape index (κ1) is 12.7. The molecule has 5 heteroatoms. The molecule has 0 aliphatic rings. The largest absolute Gasteiger partial charge is 0.405 e. The summed E-state index contributed by atoms with van der Waals surface area (Å²) in [5, 5.41) is 2.14. The summed E-state index contributed by atoms with van der Waals surface area (Å²) in [7, 11) is 0. The highest BCUT2D eigenvalue weighted by Gasteiger charge is 2.26. The smallest absolute Gasteiger partial charge is 0.361 e. The molecule has 2 nitrogen and oxygen atoms in total. The molecular formula is C9H13F3N2. The fourth-order valence-corrected chi connectivity index (χ4v) is 0.642. The molecule has 0 amide bonds. The van der Waals surface area contributed by atoms with E-state index in [9.17, 15) is 13.2 Å². The Morgan fingerprint density at radius 1 is 1.50 bits per heavy atom. The van der Waals surface area contributed by atoms with E-state index in [0.717, 1.165) is 5.57 Å². The molecular weight excluding hydrogens is 193 g/mol. The predicted octanol–water partition coefficient (Wildman–Crippen LogP) is 2.65. The third-order valence-corrected chi connectivity index (χ3v) is 1.46. The van der Waals surface area contributed by atoms with Gasteiger partial charge >= 0.3 is 6.18 Å². The van der Waals surface area contributed by atoms with Gasteiger partial charge < -0.3 is 5.32 Å². The number of allylic oxidation sites excluding steroid dienone is 3. The fraction of sp³-hybridized carbons (Fsp3) is 0.444. The molecule has 0 heterocycles. The van der Waals surface area contributed by atoms with E-state index >= 15 is 0 Å². The summed E-state index contributed by atoms with van der Waals surface area (Å²) in [5.41, 5.74) is 0.821. The van der Waals surface area contributed by atoms with Crippen molar-refractivity contribution in [2.45, 2.75) is 20.0 Å². The van der Waals surface area contributed by atoms with Gasteiger partial charge in [-0.3, -0.25) is 0 Å². The monoisotopic (exact) mass is 206 g/mol. The number of aliphatic imine (C=N–C) groups is 1. The second kappa shape index (κ2) is 5.47. The van der Waals surface area contributed by atoms with Gasteiger partial charge in [-0.25, -0.2) is 4.99 Å². The van der Waals surface area contributed by atoms with Crippen LogP contribution in [-0.2, 0) is 0 Å². The van der Waals surface area contributed by atoms with Crippen molar-refractivity contribution in [2.24, 2.45) is 4.99 Å². The maximum atomic E-state index is 11.8. The van der Waals surface area contributed by atoms with Crippen LogP contribution in [0.3, 0.4) is 0 Å². The lowest BCUT2D eigenvalue weighted by Gasteiger charge is -2.09. The summed E-state index contributed by atoms with van der Waals surface area (Å²) >= 11 is 0. The number of nitrogens with zero attached hydrogens (tertiary/aromatic N) is 1. The van der Waals surface area contributed by atoms with Crippen molar-refractivity contribution in [3.63, 3.8) is 0 Å². The van der Waals surface area contributed by atoms with E-state index in [1.807, 2.05) is 0 Å².